The SMILES string of the molecule is OC(C=Cc1ccc(F)cc1)(c1ccccc1F)C(F)(F)F. The Morgan fingerprint density at radius 2 is 1.45 bits per heavy atom. The van der Waals surface area contributed by atoms with Gasteiger partial charge < -0.3 is 5.11 Å². The van der Waals surface area contributed by atoms with E-state index in [0.717, 1.165) is 30.3 Å². The number of hydrogen-bond acceptors (Lipinski definition) is 1. The smallest absolute Gasteiger partial charge is 0.373 e. The van der Waals surface area contributed by atoms with Crippen molar-refractivity contribution in [1.29, 1.82) is 0 Å². The van der Waals surface area contributed by atoms with Crippen LogP contribution in [0.5, 0.6) is 0 Å². The molecule has 0 aliphatic heterocycles. The van der Waals surface area contributed by atoms with Crippen LogP contribution < -0.4 is 0 Å². The summed E-state index contributed by atoms with van der Waals surface area (Å²) < 4.78 is 66.0. The molecule has 0 saturated carbocycles. The van der Waals surface area contributed by atoms with Crippen LogP contribution in [0.15, 0.2) is 54.6 Å². The summed E-state index contributed by atoms with van der Waals surface area (Å²) in [7, 11) is 0. The van der Waals surface area contributed by atoms with Crippen molar-refractivity contribution < 1.29 is 27.1 Å². The third kappa shape index (κ3) is 3.17. The van der Waals surface area contributed by atoms with E-state index >= 15 is 0 Å². The molecule has 1 N–H and O–H groups in total. The van der Waals surface area contributed by atoms with E-state index in [1.807, 2.05) is 0 Å². The fourth-order valence-corrected chi connectivity index (χ4v) is 1.90. The van der Waals surface area contributed by atoms with E-state index in [1.165, 1.54) is 24.3 Å². The summed E-state index contributed by atoms with van der Waals surface area (Å²) in [6.45, 7) is 0. The minimum Gasteiger partial charge on any atom is -0.373 e. The van der Waals surface area contributed by atoms with E-state index in [1.54, 1.807) is 0 Å². The first-order valence-corrected chi connectivity index (χ1v) is 6.23. The van der Waals surface area contributed by atoms with Crippen molar-refractivity contribution in [2.45, 2.75) is 11.8 Å². The molecule has 116 valence electrons. The van der Waals surface area contributed by atoms with Crippen LogP contribution in [0, 0.1) is 11.6 Å². The molecular weight excluding hydrogens is 303 g/mol. The lowest BCUT2D eigenvalue weighted by atomic mass is 9.91. The van der Waals surface area contributed by atoms with Gasteiger partial charge in [-0.25, -0.2) is 8.78 Å². The molecule has 0 bridgehead atoms. The van der Waals surface area contributed by atoms with Crippen molar-refractivity contribution in [3.63, 3.8) is 0 Å². The molecule has 6 heteroatoms. The van der Waals surface area contributed by atoms with Crippen LogP contribution in [0.4, 0.5) is 22.0 Å². The minimum absolute atomic E-state index is 0.236. The first-order chi connectivity index (χ1) is 10.2. The summed E-state index contributed by atoms with van der Waals surface area (Å²) in [5.74, 6) is -1.72. The number of benzene rings is 2. The van der Waals surface area contributed by atoms with E-state index in [4.69, 9.17) is 0 Å². The molecule has 1 unspecified atom stereocenters. The van der Waals surface area contributed by atoms with Gasteiger partial charge >= 0.3 is 6.18 Å². The summed E-state index contributed by atoms with van der Waals surface area (Å²) in [6.07, 6.45) is -3.72. The van der Waals surface area contributed by atoms with E-state index in [9.17, 15) is 27.1 Å². The lowest BCUT2D eigenvalue weighted by Crippen LogP contribution is -2.41. The quantitative estimate of drug-likeness (QED) is 0.831. The summed E-state index contributed by atoms with van der Waals surface area (Å²) >= 11 is 0. The first-order valence-electron chi connectivity index (χ1n) is 6.23. The van der Waals surface area contributed by atoms with Crippen LogP contribution in [-0.4, -0.2) is 11.3 Å². The van der Waals surface area contributed by atoms with Crippen LogP contribution in [-0.2, 0) is 5.60 Å². The highest BCUT2D eigenvalue weighted by Gasteiger charge is 2.54. The molecule has 0 fully saturated rings. The van der Waals surface area contributed by atoms with Gasteiger partial charge in [-0.05, 0) is 29.8 Å². The lowest BCUT2D eigenvalue weighted by molar-refractivity contribution is -0.245. The van der Waals surface area contributed by atoms with Crippen molar-refractivity contribution in [2.24, 2.45) is 0 Å². The molecular formula is C16H11F5O. The van der Waals surface area contributed by atoms with Crippen molar-refractivity contribution in [1.82, 2.24) is 0 Å². The average molecular weight is 314 g/mol. The number of aliphatic hydroxyl groups is 1. The maximum Gasteiger partial charge on any atom is 0.425 e. The average Bonchev–Trinajstić information content (AvgIpc) is 2.45. The Morgan fingerprint density at radius 3 is 2.00 bits per heavy atom. The van der Waals surface area contributed by atoms with Crippen molar-refractivity contribution >= 4 is 6.08 Å². The van der Waals surface area contributed by atoms with Gasteiger partial charge in [-0.2, -0.15) is 13.2 Å². The van der Waals surface area contributed by atoms with Crippen LogP contribution in [0.1, 0.15) is 11.1 Å². The van der Waals surface area contributed by atoms with Gasteiger partial charge in [-0.1, -0.05) is 36.4 Å². The first kappa shape index (κ1) is 16.2. The van der Waals surface area contributed by atoms with Gasteiger partial charge in [0.15, 0.2) is 0 Å². The van der Waals surface area contributed by atoms with Crippen LogP contribution >= 0.6 is 0 Å². The Bertz CT molecular complexity index is 676. The monoisotopic (exact) mass is 314 g/mol. The predicted molar refractivity (Wildman–Crippen MR) is 71.8 cm³/mol. The molecule has 0 saturated heterocycles. The topological polar surface area (TPSA) is 20.2 Å². The third-order valence-electron chi connectivity index (χ3n) is 3.10. The van der Waals surface area contributed by atoms with Gasteiger partial charge in [0.05, 0.1) is 0 Å². The molecule has 0 spiro atoms. The van der Waals surface area contributed by atoms with Gasteiger partial charge in [0.2, 0.25) is 5.60 Å². The molecule has 22 heavy (non-hydrogen) atoms. The summed E-state index contributed by atoms with van der Waals surface area (Å²) in [5.41, 5.74) is -4.14. The maximum absolute atomic E-state index is 13.7. The molecule has 0 amide bonds. The second-order valence-electron chi connectivity index (χ2n) is 4.63. The second kappa shape index (κ2) is 5.88. The highest BCUT2D eigenvalue weighted by Crippen LogP contribution is 2.41. The Morgan fingerprint density at radius 1 is 0.864 bits per heavy atom. The third-order valence-corrected chi connectivity index (χ3v) is 3.10. The summed E-state index contributed by atoms with van der Waals surface area (Å²) in [6, 6.07) is 8.72. The summed E-state index contributed by atoms with van der Waals surface area (Å²) in [5, 5.41) is 9.99. The van der Waals surface area contributed by atoms with E-state index < -0.39 is 29.0 Å². The zero-order chi connectivity index (χ0) is 16.4. The number of halogens is 5. The molecule has 0 aromatic heterocycles. The predicted octanol–water partition coefficient (Wildman–Crippen LogP) is 4.43. The molecule has 2 rings (SSSR count). The molecule has 2 aromatic rings. The van der Waals surface area contributed by atoms with Gasteiger partial charge in [-0.3, -0.25) is 0 Å². The molecule has 2 aromatic carbocycles. The normalized spacial score (nSPS) is 15.0. The highest BCUT2D eigenvalue weighted by atomic mass is 19.4. The minimum atomic E-state index is -5.12. The van der Waals surface area contributed by atoms with Gasteiger partial charge in [0.25, 0.3) is 0 Å². The molecule has 1 atom stereocenters. The van der Waals surface area contributed by atoms with Gasteiger partial charge in [0.1, 0.15) is 11.6 Å². The lowest BCUT2D eigenvalue weighted by Gasteiger charge is -2.28. The van der Waals surface area contributed by atoms with Gasteiger partial charge in [0, 0.05) is 5.56 Å². The highest BCUT2D eigenvalue weighted by molar-refractivity contribution is 5.52. The molecule has 1 nitrogen and oxygen atoms in total. The zero-order valence-electron chi connectivity index (χ0n) is 11.1. The van der Waals surface area contributed by atoms with E-state index in [-0.39, 0.29) is 5.56 Å². The van der Waals surface area contributed by atoms with Crippen LogP contribution in [0.25, 0.3) is 6.08 Å². The zero-order valence-corrected chi connectivity index (χ0v) is 11.1. The Balaban J connectivity index is 2.47. The molecule has 0 heterocycles. The second-order valence-corrected chi connectivity index (χ2v) is 4.63. The van der Waals surface area contributed by atoms with Crippen LogP contribution in [0.3, 0.4) is 0 Å². The van der Waals surface area contributed by atoms with E-state index in [2.05, 4.69) is 0 Å². The largest absolute Gasteiger partial charge is 0.425 e. The number of hydrogen-bond donors (Lipinski definition) is 1. The Hall–Kier alpha value is -2.21. The molecule has 0 aliphatic rings. The van der Waals surface area contributed by atoms with Crippen LogP contribution in [0.2, 0.25) is 0 Å². The maximum atomic E-state index is 13.7. The van der Waals surface area contributed by atoms with Crippen molar-refractivity contribution in [3.05, 3.63) is 77.4 Å². The van der Waals surface area contributed by atoms with Gasteiger partial charge in [-0.15, -0.1) is 0 Å². The molecule has 0 aliphatic carbocycles. The Labute approximate surface area is 123 Å². The number of rotatable bonds is 3. The van der Waals surface area contributed by atoms with E-state index in [0.29, 0.717) is 6.08 Å². The fourth-order valence-electron chi connectivity index (χ4n) is 1.90. The molecule has 0 radical (unpaired) electrons. The Kier molecular flexibility index (Phi) is 4.32. The van der Waals surface area contributed by atoms with Crippen molar-refractivity contribution in [3.8, 4) is 0 Å². The fraction of sp³-hybridized carbons (Fsp3) is 0.125. The number of alkyl halides is 3. The standard InChI is InChI=1S/C16H11F5O/c17-12-7-5-11(6-8-12)9-10-15(22,16(19,20)21)13-3-1-2-4-14(13)18/h1-10,22H. The van der Waals surface area contributed by atoms with Crippen molar-refractivity contribution in [2.75, 3.05) is 0 Å². The summed E-state index contributed by atoms with van der Waals surface area (Å²) in [4.78, 5) is 0.